The van der Waals surface area contributed by atoms with Crippen molar-refractivity contribution in [2.45, 2.75) is 19.6 Å². The Bertz CT molecular complexity index is 590. The summed E-state index contributed by atoms with van der Waals surface area (Å²) in [5, 5.41) is 15.1. The number of benzene rings is 1. The third kappa shape index (κ3) is 7.78. The number of carbonyl (C=O) groups excluding carboxylic acids is 3. The number of rotatable bonds is 8. The van der Waals surface area contributed by atoms with Crippen molar-refractivity contribution in [2.75, 3.05) is 13.1 Å². The second kappa shape index (κ2) is 9.82. The summed E-state index contributed by atoms with van der Waals surface area (Å²) in [5.41, 5.74) is 0.806. The van der Waals surface area contributed by atoms with Crippen molar-refractivity contribution in [2.24, 2.45) is 0 Å². The van der Waals surface area contributed by atoms with Crippen LogP contribution in [0.4, 0.5) is 4.79 Å². The quantitative estimate of drug-likeness (QED) is 0.511. The third-order valence-electron chi connectivity index (χ3n) is 2.79. The van der Waals surface area contributed by atoms with Crippen LogP contribution in [0.25, 0.3) is 0 Å². The van der Waals surface area contributed by atoms with Crippen LogP contribution in [0, 0.1) is 0 Å². The maximum atomic E-state index is 11.6. The number of nitrogens with one attached hydrogen (secondary N) is 3. The zero-order valence-electron chi connectivity index (χ0n) is 13.1. The molecule has 0 bridgehead atoms. The largest absolute Gasteiger partial charge is 0.480 e. The molecule has 0 aliphatic carbocycles. The van der Waals surface area contributed by atoms with Crippen molar-refractivity contribution in [3.8, 4) is 0 Å². The maximum absolute atomic E-state index is 11.6. The molecule has 0 unspecified atom stereocenters. The Morgan fingerprint density at radius 2 is 1.75 bits per heavy atom. The van der Waals surface area contributed by atoms with Crippen LogP contribution in [-0.2, 0) is 25.7 Å². The summed E-state index contributed by atoms with van der Waals surface area (Å²) in [6.45, 7) is 0.554. The molecule has 0 aliphatic heterocycles. The minimum Gasteiger partial charge on any atom is -0.480 e. The summed E-state index contributed by atoms with van der Waals surface area (Å²) >= 11 is 0. The standard InChI is InChI=1S/C15H19N3O6/c1-10(14(22)16-8-13(20)21)18-12(19)7-17-15(23)24-9-11-5-3-2-4-6-11/h2-6,10H,7-9H2,1H3,(H,16,22)(H,17,23)(H,18,19)(H,20,21)/t10-/m1/s1. The molecular weight excluding hydrogens is 318 g/mol. The van der Waals surface area contributed by atoms with Crippen LogP contribution in [0.2, 0.25) is 0 Å². The first-order chi connectivity index (χ1) is 11.4. The molecule has 1 atom stereocenters. The summed E-state index contributed by atoms with van der Waals surface area (Å²) in [4.78, 5) is 44.9. The van der Waals surface area contributed by atoms with Gasteiger partial charge in [0.1, 0.15) is 25.7 Å². The first-order valence-electron chi connectivity index (χ1n) is 7.12. The second-order valence-electron chi connectivity index (χ2n) is 4.82. The number of hydrogen-bond acceptors (Lipinski definition) is 5. The van der Waals surface area contributed by atoms with Crippen LogP contribution >= 0.6 is 0 Å². The fourth-order valence-corrected chi connectivity index (χ4v) is 1.60. The molecule has 9 nitrogen and oxygen atoms in total. The van der Waals surface area contributed by atoms with Gasteiger partial charge in [-0.1, -0.05) is 30.3 Å². The predicted octanol–water partition coefficient (Wildman–Crippen LogP) is -0.382. The van der Waals surface area contributed by atoms with E-state index in [9.17, 15) is 19.2 Å². The minimum atomic E-state index is -1.19. The Morgan fingerprint density at radius 1 is 1.08 bits per heavy atom. The van der Waals surface area contributed by atoms with E-state index in [-0.39, 0.29) is 13.2 Å². The molecule has 0 saturated carbocycles. The Labute approximate surface area is 138 Å². The van der Waals surface area contributed by atoms with Crippen molar-refractivity contribution in [3.63, 3.8) is 0 Å². The van der Waals surface area contributed by atoms with E-state index in [0.29, 0.717) is 0 Å². The molecule has 0 heterocycles. The first kappa shape index (κ1) is 18.9. The van der Waals surface area contributed by atoms with Gasteiger partial charge in [-0.05, 0) is 12.5 Å². The summed E-state index contributed by atoms with van der Waals surface area (Å²) < 4.78 is 4.92. The number of amides is 3. The van der Waals surface area contributed by atoms with E-state index in [2.05, 4.69) is 16.0 Å². The average Bonchev–Trinajstić information content (AvgIpc) is 2.56. The average molecular weight is 337 g/mol. The van der Waals surface area contributed by atoms with E-state index in [1.807, 2.05) is 6.07 Å². The molecular formula is C15H19N3O6. The highest BCUT2D eigenvalue weighted by atomic mass is 16.5. The van der Waals surface area contributed by atoms with E-state index in [4.69, 9.17) is 9.84 Å². The third-order valence-corrected chi connectivity index (χ3v) is 2.79. The Morgan fingerprint density at radius 3 is 2.38 bits per heavy atom. The van der Waals surface area contributed by atoms with Gasteiger partial charge in [0.2, 0.25) is 11.8 Å². The molecule has 0 aliphatic rings. The second-order valence-corrected chi connectivity index (χ2v) is 4.82. The number of aliphatic carboxylic acids is 1. The fourth-order valence-electron chi connectivity index (χ4n) is 1.60. The van der Waals surface area contributed by atoms with Gasteiger partial charge in [0.15, 0.2) is 0 Å². The van der Waals surface area contributed by atoms with Crippen molar-refractivity contribution >= 4 is 23.9 Å². The molecule has 9 heteroatoms. The Kier molecular flexibility index (Phi) is 7.76. The first-order valence-corrected chi connectivity index (χ1v) is 7.12. The van der Waals surface area contributed by atoms with Gasteiger partial charge < -0.3 is 25.8 Å². The van der Waals surface area contributed by atoms with Crippen LogP contribution < -0.4 is 16.0 Å². The highest BCUT2D eigenvalue weighted by Gasteiger charge is 2.16. The topological polar surface area (TPSA) is 134 Å². The van der Waals surface area contributed by atoms with Gasteiger partial charge in [0.25, 0.3) is 0 Å². The van der Waals surface area contributed by atoms with Gasteiger partial charge in [-0.2, -0.15) is 0 Å². The van der Waals surface area contributed by atoms with Crippen molar-refractivity contribution in [1.82, 2.24) is 16.0 Å². The molecule has 24 heavy (non-hydrogen) atoms. The number of ether oxygens (including phenoxy) is 1. The highest BCUT2D eigenvalue weighted by Crippen LogP contribution is 2.00. The number of carboxylic acid groups (broad SMARTS) is 1. The van der Waals surface area contributed by atoms with E-state index in [0.717, 1.165) is 5.56 Å². The normalized spacial score (nSPS) is 11.0. The lowest BCUT2D eigenvalue weighted by atomic mass is 10.2. The SMILES string of the molecule is C[C@@H](NC(=O)CNC(=O)OCc1ccccc1)C(=O)NCC(=O)O. The Balaban J connectivity index is 2.23. The number of carboxylic acids is 1. The lowest BCUT2D eigenvalue weighted by Crippen LogP contribution is -2.48. The van der Waals surface area contributed by atoms with E-state index >= 15 is 0 Å². The fraction of sp³-hybridized carbons (Fsp3) is 0.333. The molecule has 0 aromatic heterocycles. The van der Waals surface area contributed by atoms with Gasteiger partial charge in [-0.25, -0.2) is 4.79 Å². The maximum Gasteiger partial charge on any atom is 0.407 e. The Hall–Kier alpha value is -3.10. The summed E-state index contributed by atoms with van der Waals surface area (Å²) in [7, 11) is 0. The lowest BCUT2D eigenvalue weighted by Gasteiger charge is -2.13. The van der Waals surface area contributed by atoms with E-state index in [1.165, 1.54) is 6.92 Å². The molecule has 0 fully saturated rings. The lowest BCUT2D eigenvalue weighted by molar-refractivity contribution is -0.138. The number of hydrogen-bond donors (Lipinski definition) is 4. The van der Waals surface area contributed by atoms with Crippen LogP contribution in [-0.4, -0.2) is 48.1 Å². The van der Waals surface area contributed by atoms with Crippen LogP contribution in [0.1, 0.15) is 12.5 Å². The molecule has 1 aromatic carbocycles. The molecule has 0 radical (unpaired) electrons. The van der Waals surface area contributed by atoms with E-state index in [1.54, 1.807) is 24.3 Å². The van der Waals surface area contributed by atoms with Gasteiger partial charge in [0, 0.05) is 0 Å². The smallest absolute Gasteiger partial charge is 0.407 e. The molecule has 3 amide bonds. The number of alkyl carbamates (subject to hydrolysis) is 1. The van der Waals surface area contributed by atoms with Crippen LogP contribution in [0.5, 0.6) is 0 Å². The van der Waals surface area contributed by atoms with Crippen molar-refractivity contribution < 1.29 is 29.0 Å². The van der Waals surface area contributed by atoms with Gasteiger partial charge in [-0.15, -0.1) is 0 Å². The molecule has 1 rings (SSSR count). The summed E-state index contributed by atoms with van der Waals surface area (Å²) in [6.07, 6.45) is -0.767. The molecule has 4 N–H and O–H groups in total. The van der Waals surface area contributed by atoms with Gasteiger partial charge >= 0.3 is 12.1 Å². The molecule has 130 valence electrons. The van der Waals surface area contributed by atoms with Crippen LogP contribution in [0.3, 0.4) is 0 Å². The number of carbonyl (C=O) groups is 4. The summed E-state index contributed by atoms with van der Waals surface area (Å²) in [5.74, 6) is -2.44. The molecule has 1 aromatic rings. The zero-order chi connectivity index (χ0) is 17.9. The molecule has 0 spiro atoms. The summed E-state index contributed by atoms with van der Waals surface area (Å²) in [6, 6.07) is 8.09. The van der Waals surface area contributed by atoms with Crippen LogP contribution in [0.15, 0.2) is 30.3 Å². The monoisotopic (exact) mass is 337 g/mol. The van der Waals surface area contributed by atoms with Crippen molar-refractivity contribution in [3.05, 3.63) is 35.9 Å². The van der Waals surface area contributed by atoms with Gasteiger partial charge in [0.05, 0.1) is 0 Å². The predicted molar refractivity (Wildman–Crippen MR) is 82.9 cm³/mol. The van der Waals surface area contributed by atoms with Gasteiger partial charge in [-0.3, -0.25) is 14.4 Å². The zero-order valence-corrected chi connectivity index (χ0v) is 13.1. The van der Waals surface area contributed by atoms with Crippen molar-refractivity contribution in [1.29, 1.82) is 0 Å². The highest BCUT2D eigenvalue weighted by molar-refractivity contribution is 5.90. The molecule has 0 saturated heterocycles. The minimum absolute atomic E-state index is 0.0717. The van der Waals surface area contributed by atoms with E-state index < -0.39 is 36.5 Å².